The van der Waals surface area contributed by atoms with Crippen molar-refractivity contribution in [3.05, 3.63) is 42.9 Å². The first-order valence-electron chi connectivity index (χ1n) is 8.12. The van der Waals surface area contributed by atoms with Crippen molar-refractivity contribution in [2.24, 2.45) is 0 Å². The van der Waals surface area contributed by atoms with Crippen molar-refractivity contribution in [1.29, 1.82) is 0 Å². The van der Waals surface area contributed by atoms with Gasteiger partial charge in [0, 0.05) is 19.2 Å². The topological polar surface area (TPSA) is 77.7 Å². The number of rotatable bonds is 3. The Labute approximate surface area is 139 Å². The van der Waals surface area contributed by atoms with Gasteiger partial charge in [0.25, 0.3) is 5.91 Å². The van der Waals surface area contributed by atoms with Crippen LogP contribution in [0, 0.1) is 0 Å². The van der Waals surface area contributed by atoms with Crippen LogP contribution < -0.4 is 4.74 Å². The Morgan fingerprint density at radius 2 is 2.42 bits per heavy atom. The lowest BCUT2D eigenvalue weighted by Gasteiger charge is -2.39. The number of amides is 1. The van der Waals surface area contributed by atoms with Gasteiger partial charge in [-0.1, -0.05) is 0 Å². The average Bonchev–Trinajstić information content (AvgIpc) is 3.26. The highest BCUT2D eigenvalue weighted by Gasteiger charge is 2.45. The van der Waals surface area contributed by atoms with Crippen LogP contribution in [0.4, 0.5) is 0 Å². The predicted octanol–water partition coefficient (Wildman–Crippen LogP) is 1.91. The molecule has 2 atom stereocenters. The summed E-state index contributed by atoms with van der Waals surface area (Å²) in [6.07, 6.45) is 8.66. The van der Waals surface area contributed by atoms with Crippen LogP contribution in [0.1, 0.15) is 29.8 Å². The van der Waals surface area contributed by atoms with Crippen LogP contribution in [0.25, 0.3) is 0 Å². The maximum Gasteiger partial charge on any atom is 0.275 e. The third kappa shape index (κ3) is 2.99. The summed E-state index contributed by atoms with van der Waals surface area (Å²) >= 11 is 0. The molecule has 0 unspecified atom stereocenters. The lowest BCUT2D eigenvalue weighted by Crippen LogP contribution is -2.50. The Morgan fingerprint density at radius 3 is 3.21 bits per heavy atom. The maximum absolute atomic E-state index is 12.5. The minimum absolute atomic E-state index is 0.0173. The van der Waals surface area contributed by atoms with Gasteiger partial charge in [0.05, 0.1) is 24.9 Å². The molecule has 0 aliphatic carbocycles. The number of oxazole rings is 1. The second-order valence-electron chi connectivity index (χ2n) is 6.33. The van der Waals surface area contributed by atoms with Crippen LogP contribution in [-0.2, 0) is 4.74 Å². The normalized spacial score (nSPS) is 26.7. The molecule has 2 saturated heterocycles. The molecule has 1 amide bonds. The van der Waals surface area contributed by atoms with Crippen molar-refractivity contribution in [3.8, 4) is 5.75 Å². The standard InChI is InChI=1S/C17H19N3O4/c21-16(15-10-22-12-19-15)20-6-2-4-17(11-20)7-14(9-23-17)24-13-3-1-5-18-8-13/h1,3,5,8,10,12,14H,2,4,6-7,9,11H2/t14-,17-/m0/s1. The molecule has 7 nitrogen and oxygen atoms in total. The minimum atomic E-state index is -0.329. The Hall–Kier alpha value is -2.41. The molecule has 4 rings (SSSR count). The summed E-state index contributed by atoms with van der Waals surface area (Å²) in [5.74, 6) is 0.637. The number of likely N-dealkylation sites (tertiary alicyclic amines) is 1. The highest BCUT2D eigenvalue weighted by molar-refractivity contribution is 5.92. The highest BCUT2D eigenvalue weighted by Crippen LogP contribution is 2.36. The highest BCUT2D eigenvalue weighted by atomic mass is 16.6. The summed E-state index contributed by atoms with van der Waals surface area (Å²) in [4.78, 5) is 22.3. The van der Waals surface area contributed by atoms with Gasteiger partial charge < -0.3 is 18.8 Å². The van der Waals surface area contributed by atoms with E-state index < -0.39 is 0 Å². The molecular formula is C17H19N3O4. The fraction of sp³-hybridized carbons (Fsp3) is 0.471. The number of hydrogen-bond donors (Lipinski definition) is 0. The number of nitrogens with zero attached hydrogens (tertiary/aromatic N) is 3. The molecule has 0 aromatic carbocycles. The van der Waals surface area contributed by atoms with E-state index in [9.17, 15) is 4.79 Å². The number of pyridine rings is 1. The number of carbonyl (C=O) groups excluding carboxylic acids is 1. The molecule has 7 heteroatoms. The number of aromatic nitrogens is 2. The van der Waals surface area contributed by atoms with Gasteiger partial charge in [-0.15, -0.1) is 0 Å². The zero-order valence-corrected chi connectivity index (χ0v) is 13.3. The molecular weight excluding hydrogens is 310 g/mol. The molecule has 2 fully saturated rings. The summed E-state index contributed by atoms with van der Waals surface area (Å²) < 4.78 is 16.9. The smallest absolute Gasteiger partial charge is 0.275 e. The van der Waals surface area contributed by atoms with E-state index in [-0.39, 0.29) is 17.6 Å². The van der Waals surface area contributed by atoms with E-state index in [4.69, 9.17) is 13.9 Å². The number of piperidine rings is 1. The summed E-state index contributed by atoms with van der Waals surface area (Å²) in [6, 6.07) is 3.74. The molecule has 2 aliphatic rings. The number of ether oxygens (including phenoxy) is 2. The van der Waals surface area contributed by atoms with Crippen LogP contribution in [0.2, 0.25) is 0 Å². The van der Waals surface area contributed by atoms with Crippen LogP contribution in [-0.4, -0.2) is 52.2 Å². The van der Waals surface area contributed by atoms with Crippen LogP contribution in [0.15, 0.2) is 41.6 Å². The van der Waals surface area contributed by atoms with Gasteiger partial charge in [0.2, 0.25) is 0 Å². The van der Waals surface area contributed by atoms with Crippen LogP contribution >= 0.6 is 0 Å². The summed E-state index contributed by atoms with van der Waals surface area (Å²) in [6.45, 7) is 1.80. The number of hydrogen-bond acceptors (Lipinski definition) is 6. The van der Waals surface area contributed by atoms with Crippen molar-refractivity contribution in [1.82, 2.24) is 14.9 Å². The van der Waals surface area contributed by atoms with Crippen molar-refractivity contribution < 1.29 is 18.7 Å². The van der Waals surface area contributed by atoms with Gasteiger partial charge in [-0.3, -0.25) is 9.78 Å². The lowest BCUT2D eigenvalue weighted by atomic mass is 9.89. The predicted molar refractivity (Wildman–Crippen MR) is 83.6 cm³/mol. The van der Waals surface area contributed by atoms with Gasteiger partial charge in [-0.05, 0) is 25.0 Å². The molecule has 0 radical (unpaired) electrons. The molecule has 4 heterocycles. The third-order valence-corrected chi connectivity index (χ3v) is 4.59. The Bertz CT molecular complexity index is 691. The Balaban J connectivity index is 1.41. The van der Waals surface area contributed by atoms with Crippen LogP contribution in [0.3, 0.4) is 0 Å². The van der Waals surface area contributed by atoms with Gasteiger partial charge in [0.1, 0.15) is 18.1 Å². The van der Waals surface area contributed by atoms with Crippen molar-refractivity contribution in [2.45, 2.75) is 31.0 Å². The Morgan fingerprint density at radius 1 is 1.46 bits per heavy atom. The number of carbonyl (C=O) groups is 1. The van der Waals surface area contributed by atoms with E-state index in [0.29, 0.717) is 25.4 Å². The SMILES string of the molecule is O=C(c1cocn1)N1CCC[C@]2(C[C@H](Oc3cccnc3)CO2)C1. The van der Waals surface area contributed by atoms with E-state index in [1.54, 1.807) is 17.3 Å². The summed E-state index contributed by atoms with van der Waals surface area (Å²) in [7, 11) is 0. The quantitative estimate of drug-likeness (QED) is 0.856. The molecule has 126 valence electrons. The fourth-order valence-electron chi connectivity index (χ4n) is 3.52. The second-order valence-corrected chi connectivity index (χ2v) is 6.33. The third-order valence-electron chi connectivity index (χ3n) is 4.59. The zero-order valence-electron chi connectivity index (χ0n) is 13.3. The van der Waals surface area contributed by atoms with Gasteiger partial charge >= 0.3 is 0 Å². The van der Waals surface area contributed by atoms with Gasteiger partial charge in [-0.25, -0.2) is 4.98 Å². The van der Waals surface area contributed by atoms with Gasteiger partial charge in [-0.2, -0.15) is 0 Å². The molecule has 2 aliphatic heterocycles. The molecule has 24 heavy (non-hydrogen) atoms. The second kappa shape index (κ2) is 6.24. The van der Waals surface area contributed by atoms with E-state index in [0.717, 1.165) is 25.0 Å². The molecule has 0 bridgehead atoms. The molecule has 1 spiro atoms. The van der Waals surface area contributed by atoms with Crippen molar-refractivity contribution >= 4 is 5.91 Å². The first-order valence-corrected chi connectivity index (χ1v) is 8.12. The first-order chi connectivity index (χ1) is 11.7. The maximum atomic E-state index is 12.5. The van der Waals surface area contributed by atoms with Gasteiger partial charge in [0.15, 0.2) is 12.1 Å². The van der Waals surface area contributed by atoms with E-state index in [1.165, 1.54) is 12.7 Å². The van der Waals surface area contributed by atoms with E-state index >= 15 is 0 Å². The van der Waals surface area contributed by atoms with E-state index in [2.05, 4.69) is 9.97 Å². The molecule has 2 aromatic rings. The largest absolute Gasteiger partial charge is 0.486 e. The van der Waals surface area contributed by atoms with E-state index in [1.807, 2.05) is 12.1 Å². The monoisotopic (exact) mass is 329 g/mol. The minimum Gasteiger partial charge on any atom is -0.486 e. The average molecular weight is 329 g/mol. The van der Waals surface area contributed by atoms with Crippen LogP contribution in [0.5, 0.6) is 5.75 Å². The fourth-order valence-corrected chi connectivity index (χ4v) is 3.52. The molecule has 2 aromatic heterocycles. The zero-order chi connectivity index (χ0) is 16.4. The van der Waals surface area contributed by atoms with Crippen molar-refractivity contribution in [3.63, 3.8) is 0 Å². The molecule has 0 N–H and O–H groups in total. The Kier molecular flexibility index (Phi) is 3.93. The summed E-state index contributed by atoms with van der Waals surface area (Å²) in [5.41, 5.74) is 0.0121. The van der Waals surface area contributed by atoms with Crippen molar-refractivity contribution in [2.75, 3.05) is 19.7 Å². The first kappa shape index (κ1) is 15.1. The molecule has 0 saturated carbocycles. The summed E-state index contributed by atoms with van der Waals surface area (Å²) in [5, 5.41) is 0. The lowest BCUT2D eigenvalue weighted by molar-refractivity contribution is -0.0454.